The predicted octanol–water partition coefficient (Wildman–Crippen LogP) is 1.86. The maximum absolute atomic E-state index is 12.1. The second kappa shape index (κ2) is 4.62. The molecule has 0 bridgehead atoms. The van der Waals surface area contributed by atoms with Crippen LogP contribution in [0, 0.1) is 6.92 Å². The molecular weight excluding hydrogens is 320 g/mol. The molecule has 96 valence electrons. The topological polar surface area (TPSA) is 101 Å². The van der Waals surface area contributed by atoms with Crippen LogP contribution in [-0.2, 0) is 10.0 Å². The molecule has 18 heavy (non-hydrogen) atoms. The van der Waals surface area contributed by atoms with Gasteiger partial charge in [0, 0.05) is 4.47 Å². The molecule has 2 aromatic rings. The van der Waals surface area contributed by atoms with E-state index >= 15 is 0 Å². The van der Waals surface area contributed by atoms with E-state index in [0.717, 1.165) is 10.0 Å². The molecule has 0 aliphatic rings. The van der Waals surface area contributed by atoms with Crippen molar-refractivity contribution in [2.75, 3.05) is 10.5 Å². The van der Waals surface area contributed by atoms with Gasteiger partial charge in [0.05, 0.1) is 11.9 Å². The number of nitrogens with zero attached hydrogens (tertiary/aromatic N) is 1. The lowest BCUT2D eigenvalue weighted by Crippen LogP contribution is -2.14. The SMILES string of the molecule is Cc1c(Br)cccc1NS(=O)(=O)c1cn[nH]c1N. The largest absolute Gasteiger partial charge is 0.383 e. The lowest BCUT2D eigenvalue weighted by Gasteiger charge is -2.10. The average Bonchev–Trinajstić information content (AvgIpc) is 2.72. The van der Waals surface area contributed by atoms with Crippen molar-refractivity contribution in [3.63, 3.8) is 0 Å². The van der Waals surface area contributed by atoms with Gasteiger partial charge in [0.25, 0.3) is 10.0 Å². The highest BCUT2D eigenvalue weighted by Crippen LogP contribution is 2.26. The first-order chi connectivity index (χ1) is 8.42. The van der Waals surface area contributed by atoms with Crippen molar-refractivity contribution in [3.8, 4) is 0 Å². The standard InChI is InChI=1S/C10H11BrN4O2S/c1-6-7(11)3-2-4-8(6)15-18(16,17)9-5-13-14-10(9)12/h2-5,15H,1H3,(H3,12,13,14). The molecule has 0 amide bonds. The smallest absolute Gasteiger partial charge is 0.267 e. The van der Waals surface area contributed by atoms with Gasteiger partial charge >= 0.3 is 0 Å². The molecule has 1 aromatic carbocycles. The molecular formula is C10H11BrN4O2S. The van der Waals surface area contributed by atoms with E-state index in [0.29, 0.717) is 5.69 Å². The monoisotopic (exact) mass is 330 g/mol. The van der Waals surface area contributed by atoms with Crippen molar-refractivity contribution in [2.24, 2.45) is 0 Å². The Bertz CT molecular complexity index is 681. The van der Waals surface area contributed by atoms with Crippen LogP contribution in [-0.4, -0.2) is 18.6 Å². The van der Waals surface area contributed by atoms with Gasteiger partial charge < -0.3 is 5.73 Å². The molecule has 0 saturated heterocycles. The summed E-state index contributed by atoms with van der Waals surface area (Å²) in [4.78, 5) is -0.0677. The summed E-state index contributed by atoms with van der Waals surface area (Å²) < 4.78 is 27.5. The van der Waals surface area contributed by atoms with Crippen molar-refractivity contribution in [1.82, 2.24) is 10.2 Å². The quantitative estimate of drug-likeness (QED) is 0.799. The van der Waals surface area contributed by atoms with E-state index in [4.69, 9.17) is 5.73 Å². The van der Waals surface area contributed by atoms with Gasteiger partial charge in [0.1, 0.15) is 10.7 Å². The summed E-state index contributed by atoms with van der Waals surface area (Å²) in [6.07, 6.45) is 1.17. The molecule has 0 aliphatic carbocycles. The van der Waals surface area contributed by atoms with E-state index in [9.17, 15) is 8.42 Å². The fraction of sp³-hybridized carbons (Fsp3) is 0.100. The van der Waals surface area contributed by atoms with Crippen molar-refractivity contribution < 1.29 is 8.42 Å². The van der Waals surface area contributed by atoms with E-state index in [1.165, 1.54) is 6.20 Å². The normalized spacial score (nSPS) is 11.4. The highest BCUT2D eigenvalue weighted by Gasteiger charge is 2.20. The molecule has 0 atom stereocenters. The summed E-state index contributed by atoms with van der Waals surface area (Å²) in [6, 6.07) is 5.25. The summed E-state index contributed by atoms with van der Waals surface area (Å²) in [6.45, 7) is 1.81. The van der Waals surface area contributed by atoms with Gasteiger partial charge in [-0.3, -0.25) is 9.82 Å². The zero-order valence-electron chi connectivity index (χ0n) is 9.44. The number of sulfonamides is 1. The molecule has 1 heterocycles. The molecule has 2 rings (SSSR count). The summed E-state index contributed by atoms with van der Waals surface area (Å²) in [5.41, 5.74) is 6.79. The van der Waals surface area contributed by atoms with Gasteiger partial charge in [-0.2, -0.15) is 5.10 Å². The third-order valence-corrected chi connectivity index (χ3v) is 4.69. The van der Waals surface area contributed by atoms with Gasteiger partial charge in [-0.25, -0.2) is 8.42 Å². The van der Waals surface area contributed by atoms with Gasteiger partial charge in [0.2, 0.25) is 0 Å². The van der Waals surface area contributed by atoms with E-state index in [2.05, 4.69) is 30.8 Å². The minimum Gasteiger partial charge on any atom is -0.383 e. The van der Waals surface area contributed by atoms with Gasteiger partial charge in [-0.05, 0) is 24.6 Å². The van der Waals surface area contributed by atoms with Crippen molar-refractivity contribution in [3.05, 3.63) is 34.4 Å². The Hall–Kier alpha value is -1.54. The number of nitrogens with one attached hydrogen (secondary N) is 2. The molecule has 4 N–H and O–H groups in total. The van der Waals surface area contributed by atoms with E-state index in [1.807, 2.05) is 6.07 Å². The molecule has 1 aromatic heterocycles. The van der Waals surface area contributed by atoms with Gasteiger partial charge in [0.15, 0.2) is 0 Å². The third kappa shape index (κ3) is 2.34. The zero-order valence-corrected chi connectivity index (χ0v) is 11.8. The lowest BCUT2D eigenvalue weighted by molar-refractivity contribution is 0.601. The van der Waals surface area contributed by atoms with Gasteiger partial charge in [-0.1, -0.05) is 22.0 Å². The first kappa shape index (κ1) is 12.9. The Kier molecular flexibility index (Phi) is 3.31. The molecule has 0 fully saturated rings. The van der Waals surface area contributed by atoms with Crippen LogP contribution in [0.15, 0.2) is 33.8 Å². The van der Waals surface area contributed by atoms with E-state index < -0.39 is 10.0 Å². The van der Waals surface area contributed by atoms with Crippen molar-refractivity contribution >= 4 is 37.5 Å². The number of aromatic nitrogens is 2. The molecule has 6 nitrogen and oxygen atoms in total. The fourth-order valence-electron chi connectivity index (χ4n) is 1.42. The maximum Gasteiger partial charge on any atom is 0.267 e. The predicted molar refractivity (Wildman–Crippen MR) is 72.7 cm³/mol. The molecule has 0 aliphatic heterocycles. The Balaban J connectivity index is 2.40. The Morgan fingerprint density at radius 2 is 2.17 bits per heavy atom. The van der Waals surface area contributed by atoms with Crippen LogP contribution in [0.2, 0.25) is 0 Å². The summed E-state index contributed by atoms with van der Waals surface area (Å²) in [5, 5.41) is 5.98. The third-order valence-electron chi connectivity index (χ3n) is 2.43. The second-order valence-corrected chi connectivity index (χ2v) is 6.17. The number of nitrogens with two attached hydrogens (primary N) is 1. The Labute approximate surface area is 113 Å². The zero-order chi connectivity index (χ0) is 13.3. The number of hydrogen-bond acceptors (Lipinski definition) is 4. The van der Waals surface area contributed by atoms with Gasteiger partial charge in [-0.15, -0.1) is 0 Å². The lowest BCUT2D eigenvalue weighted by atomic mass is 10.2. The molecule has 0 saturated carbocycles. The van der Waals surface area contributed by atoms with E-state index in [-0.39, 0.29) is 10.7 Å². The number of aromatic amines is 1. The average molecular weight is 331 g/mol. The fourth-order valence-corrected chi connectivity index (χ4v) is 2.93. The first-order valence-corrected chi connectivity index (χ1v) is 7.26. The summed E-state index contributed by atoms with van der Waals surface area (Å²) >= 11 is 3.34. The van der Waals surface area contributed by atoms with Crippen LogP contribution in [0.5, 0.6) is 0 Å². The molecule has 0 unspecified atom stereocenters. The molecule has 0 radical (unpaired) electrons. The minimum atomic E-state index is -3.73. The number of H-pyrrole nitrogens is 1. The number of benzene rings is 1. The first-order valence-electron chi connectivity index (χ1n) is 4.98. The van der Waals surface area contributed by atoms with Crippen molar-refractivity contribution in [1.29, 1.82) is 0 Å². The summed E-state index contributed by atoms with van der Waals surface area (Å²) in [7, 11) is -3.73. The number of anilines is 2. The number of rotatable bonds is 3. The van der Waals surface area contributed by atoms with Crippen LogP contribution in [0.4, 0.5) is 11.5 Å². The number of halogens is 1. The minimum absolute atomic E-state index is 0.00940. The highest BCUT2D eigenvalue weighted by atomic mass is 79.9. The Morgan fingerprint density at radius 1 is 1.44 bits per heavy atom. The maximum atomic E-state index is 12.1. The highest BCUT2D eigenvalue weighted by molar-refractivity contribution is 9.10. The van der Waals surface area contributed by atoms with Crippen LogP contribution in [0.25, 0.3) is 0 Å². The summed E-state index contributed by atoms with van der Waals surface area (Å²) in [5.74, 6) is 0.00940. The van der Waals surface area contributed by atoms with Crippen molar-refractivity contribution in [2.45, 2.75) is 11.8 Å². The molecule has 0 spiro atoms. The van der Waals surface area contributed by atoms with Crippen LogP contribution in [0.1, 0.15) is 5.56 Å². The Morgan fingerprint density at radius 3 is 2.78 bits per heavy atom. The van der Waals surface area contributed by atoms with Crippen LogP contribution >= 0.6 is 15.9 Å². The van der Waals surface area contributed by atoms with Crippen LogP contribution < -0.4 is 10.5 Å². The number of hydrogen-bond donors (Lipinski definition) is 3. The second-order valence-electron chi connectivity index (χ2n) is 3.67. The number of nitrogen functional groups attached to an aromatic ring is 1. The van der Waals surface area contributed by atoms with E-state index in [1.54, 1.807) is 19.1 Å². The molecule has 8 heteroatoms. The van der Waals surface area contributed by atoms with Crippen LogP contribution in [0.3, 0.4) is 0 Å².